The Bertz CT molecular complexity index is 526. The molecule has 0 bridgehead atoms. The van der Waals surface area contributed by atoms with Crippen molar-refractivity contribution >= 4 is 16.5 Å². The first-order valence-electron chi connectivity index (χ1n) is 4.40. The number of alkyl halides is 3. The standard InChI is InChI=1S/C9H6F3N3OS/c10-9(11,12)16-6-4-2-1-3-5(6)7-14-15-8(13)17-7/h1-4H,(H2,13,15). The molecule has 0 aliphatic heterocycles. The zero-order valence-corrected chi connectivity index (χ0v) is 9.05. The summed E-state index contributed by atoms with van der Waals surface area (Å²) in [6.45, 7) is 0. The van der Waals surface area contributed by atoms with Crippen LogP contribution in [-0.4, -0.2) is 16.6 Å². The van der Waals surface area contributed by atoms with Gasteiger partial charge in [0.2, 0.25) is 5.13 Å². The number of benzene rings is 1. The predicted molar refractivity (Wildman–Crippen MR) is 56.4 cm³/mol. The van der Waals surface area contributed by atoms with Crippen molar-refractivity contribution < 1.29 is 17.9 Å². The van der Waals surface area contributed by atoms with E-state index >= 15 is 0 Å². The molecule has 1 aromatic carbocycles. The number of hydrogen-bond acceptors (Lipinski definition) is 5. The van der Waals surface area contributed by atoms with Crippen LogP contribution in [0.3, 0.4) is 0 Å². The molecule has 2 aromatic rings. The number of nitrogens with two attached hydrogens (primary N) is 1. The van der Waals surface area contributed by atoms with Gasteiger partial charge >= 0.3 is 6.36 Å². The van der Waals surface area contributed by atoms with E-state index in [1.165, 1.54) is 18.2 Å². The van der Waals surface area contributed by atoms with Crippen molar-refractivity contribution in [1.82, 2.24) is 10.2 Å². The molecule has 4 nitrogen and oxygen atoms in total. The Kier molecular flexibility index (Phi) is 2.88. The topological polar surface area (TPSA) is 61.0 Å². The van der Waals surface area contributed by atoms with Gasteiger partial charge in [-0.1, -0.05) is 23.5 Å². The van der Waals surface area contributed by atoms with E-state index in [-0.39, 0.29) is 21.5 Å². The summed E-state index contributed by atoms with van der Waals surface area (Å²) in [6.07, 6.45) is -4.74. The van der Waals surface area contributed by atoms with E-state index in [4.69, 9.17) is 5.73 Å². The molecular formula is C9H6F3N3OS. The molecule has 8 heteroatoms. The molecule has 0 fully saturated rings. The van der Waals surface area contributed by atoms with Crippen molar-refractivity contribution in [2.24, 2.45) is 0 Å². The molecule has 17 heavy (non-hydrogen) atoms. The molecule has 2 rings (SSSR count). The van der Waals surface area contributed by atoms with E-state index in [1.54, 1.807) is 6.07 Å². The Hall–Kier alpha value is -1.83. The maximum absolute atomic E-state index is 12.2. The quantitative estimate of drug-likeness (QED) is 0.902. The van der Waals surface area contributed by atoms with Crippen molar-refractivity contribution in [1.29, 1.82) is 0 Å². The Morgan fingerprint density at radius 3 is 2.47 bits per heavy atom. The maximum Gasteiger partial charge on any atom is 0.573 e. The van der Waals surface area contributed by atoms with E-state index in [2.05, 4.69) is 14.9 Å². The molecule has 0 spiro atoms. The van der Waals surface area contributed by atoms with Gasteiger partial charge in [0.05, 0.1) is 5.56 Å². The van der Waals surface area contributed by atoms with Crippen LogP contribution in [0.4, 0.5) is 18.3 Å². The molecule has 0 aliphatic rings. The lowest BCUT2D eigenvalue weighted by molar-refractivity contribution is -0.274. The van der Waals surface area contributed by atoms with Gasteiger partial charge in [-0.25, -0.2) is 0 Å². The monoisotopic (exact) mass is 261 g/mol. The van der Waals surface area contributed by atoms with Crippen LogP contribution >= 0.6 is 11.3 Å². The molecule has 1 aromatic heterocycles. The first-order valence-corrected chi connectivity index (χ1v) is 5.21. The summed E-state index contributed by atoms with van der Waals surface area (Å²) in [5.74, 6) is -0.323. The molecule has 1 heterocycles. The van der Waals surface area contributed by atoms with Gasteiger partial charge in [0.25, 0.3) is 0 Å². The summed E-state index contributed by atoms with van der Waals surface area (Å²) in [7, 11) is 0. The molecule has 0 atom stereocenters. The van der Waals surface area contributed by atoms with E-state index in [9.17, 15) is 13.2 Å². The van der Waals surface area contributed by atoms with Crippen LogP contribution in [0.1, 0.15) is 0 Å². The van der Waals surface area contributed by atoms with Gasteiger partial charge < -0.3 is 10.5 Å². The van der Waals surface area contributed by atoms with Gasteiger partial charge in [-0.3, -0.25) is 0 Å². The minimum atomic E-state index is -4.74. The zero-order chi connectivity index (χ0) is 12.5. The summed E-state index contributed by atoms with van der Waals surface area (Å²) in [4.78, 5) is 0. The van der Waals surface area contributed by atoms with Gasteiger partial charge in [-0.05, 0) is 12.1 Å². The largest absolute Gasteiger partial charge is 0.573 e. The van der Waals surface area contributed by atoms with E-state index < -0.39 is 6.36 Å². The second-order valence-corrected chi connectivity index (χ2v) is 4.00. The van der Waals surface area contributed by atoms with Crippen LogP contribution in [0.15, 0.2) is 24.3 Å². The summed E-state index contributed by atoms with van der Waals surface area (Å²) in [6, 6.07) is 5.69. The second kappa shape index (κ2) is 4.21. The third-order valence-electron chi connectivity index (χ3n) is 1.78. The molecule has 0 amide bonds. The molecule has 0 saturated carbocycles. The number of rotatable bonds is 2. The number of ether oxygens (including phenoxy) is 1. The number of aromatic nitrogens is 2. The zero-order valence-electron chi connectivity index (χ0n) is 8.23. The Morgan fingerprint density at radius 1 is 1.18 bits per heavy atom. The molecule has 0 aliphatic carbocycles. The first-order chi connectivity index (χ1) is 7.96. The van der Waals surface area contributed by atoms with Gasteiger partial charge in [0.15, 0.2) is 5.01 Å². The van der Waals surface area contributed by atoms with Crippen molar-refractivity contribution in [3.8, 4) is 16.3 Å². The van der Waals surface area contributed by atoms with Crippen molar-refractivity contribution in [2.75, 3.05) is 5.73 Å². The Balaban J connectivity index is 2.41. The van der Waals surface area contributed by atoms with Gasteiger partial charge in [-0.15, -0.1) is 23.4 Å². The second-order valence-electron chi connectivity index (χ2n) is 2.99. The summed E-state index contributed by atoms with van der Waals surface area (Å²) >= 11 is 0.989. The fourth-order valence-electron chi connectivity index (χ4n) is 1.20. The van der Waals surface area contributed by atoms with Crippen LogP contribution in [0.5, 0.6) is 5.75 Å². The molecule has 0 saturated heterocycles. The van der Waals surface area contributed by atoms with Crippen LogP contribution < -0.4 is 10.5 Å². The minimum Gasteiger partial charge on any atom is -0.405 e. The molecule has 0 unspecified atom stereocenters. The average Bonchev–Trinajstić information content (AvgIpc) is 2.63. The molecule has 90 valence electrons. The highest BCUT2D eigenvalue weighted by Gasteiger charge is 2.32. The van der Waals surface area contributed by atoms with Gasteiger partial charge in [0.1, 0.15) is 5.75 Å². The predicted octanol–water partition coefficient (Wildman–Crippen LogP) is 2.69. The van der Waals surface area contributed by atoms with Gasteiger partial charge in [0, 0.05) is 0 Å². The number of hydrogen-bond donors (Lipinski definition) is 1. The molecular weight excluding hydrogens is 255 g/mol. The number of nitrogen functional groups attached to an aromatic ring is 1. The lowest BCUT2D eigenvalue weighted by Crippen LogP contribution is -2.17. The van der Waals surface area contributed by atoms with Gasteiger partial charge in [-0.2, -0.15) is 0 Å². The lowest BCUT2D eigenvalue weighted by Gasteiger charge is -2.11. The lowest BCUT2D eigenvalue weighted by atomic mass is 10.2. The minimum absolute atomic E-state index is 0.182. The fraction of sp³-hybridized carbons (Fsp3) is 0.111. The molecule has 0 radical (unpaired) electrons. The van der Waals surface area contributed by atoms with Crippen LogP contribution in [0, 0.1) is 0 Å². The number of anilines is 1. The third-order valence-corrected chi connectivity index (χ3v) is 2.57. The van der Waals surface area contributed by atoms with Crippen LogP contribution in [-0.2, 0) is 0 Å². The van der Waals surface area contributed by atoms with Crippen LogP contribution in [0.25, 0.3) is 10.6 Å². The summed E-state index contributed by atoms with van der Waals surface area (Å²) in [5.41, 5.74) is 5.58. The van der Waals surface area contributed by atoms with E-state index in [1.807, 2.05) is 0 Å². The molecule has 2 N–H and O–H groups in total. The van der Waals surface area contributed by atoms with E-state index in [0.29, 0.717) is 0 Å². The highest BCUT2D eigenvalue weighted by Crippen LogP contribution is 2.35. The average molecular weight is 261 g/mol. The highest BCUT2D eigenvalue weighted by atomic mass is 32.1. The fourth-order valence-corrected chi connectivity index (χ4v) is 1.84. The Morgan fingerprint density at radius 2 is 1.88 bits per heavy atom. The Labute approximate surface area is 97.9 Å². The van der Waals surface area contributed by atoms with Crippen molar-refractivity contribution in [3.63, 3.8) is 0 Å². The number of nitrogens with zero attached hydrogens (tertiary/aromatic N) is 2. The smallest absolute Gasteiger partial charge is 0.405 e. The van der Waals surface area contributed by atoms with Crippen LogP contribution in [0.2, 0.25) is 0 Å². The SMILES string of the molecule is Nc1nnc(-c2ccccc2OC(F)(F)F)s1. The number of para-hydroxylation sites is 1. The first kappa shape index (κ1) is 11.6. The number of halogens is 3. The van der Waals surface area contributed by atoms with Crippen molar-refractivity contribution in [2.45, 2.75) is 6.36 Å². The normalized spacial score (nSPS) is 11.5. The van der Waals surface area contributed by atoms with E-state index in [0.717, 1.165) is 11.3 Å². The summed E-state index contributed by atoms with van der Waals surface area (Å²) in [5, 5.41) is 7.68. The highest BCUT2D eigenvalue weighted by molar-refractivity contribution is 7.18. The maximum atomic E-state index is 12.2. The summed E-state index contributed by atoms with van der Waals surface area (Å²) < 4.78 is 40.4. The van der Waals surface area contributed by atoms with Crippen molar-refractivity contribution in [3.05, 3.63) is 24.3 Å². The third kappa shape index (κ3) is 2.84.